The molecule has 0 aliphatic heterocycles. The maximum absolute atomic E-state index is 12.9. The Morgan fingerprint density at radius 1 is 1.14 bits per heavy atom. The summed E-state index contributed by atoms with van der Waals surface area (Å²) >= 11 is 3.43. The van der Waals surface area contributed by atoms with Crippen LogP contribution in [-0.2, 0) is 0 Å². The smallest absolute Gasteiger partial charge is 0.254 e. The molecule has 0 aromatic heterocycles. The van der Waals surface area contributed by atoms with Gasteiger partial charge in [-0.25, -0.2) is 0 Å². The summed E-state index contributed by atoms with van der Waals surface area (Å²) in [4.78, 5) is 15.0. The zero-order valence-corrected chi connectivity index (χ0v) is 13.9. The Bertz CT molecular complexity index is 501. The molecule has 2 N–H and O–H groups in total. The fraction of sp³-hybridized carbons (Fsp3) is 0.588. The van der Waals surface area contributed by atoms with E-state index in [0.717, 1.165) is 23.9 Å². The topological polar surface area (TPSA) is 46.3 Å². The highest BCUT2D eigenvalue weighted by atomic mass is 79.9. The molecular weight excluding hydrogens is 328 g/mol. The summed E-state index contributed by atoms with van der Waals surface area (Å²) in [7, 11) is 0. The van der Waals surface area contributed by atoms with Crippen molar-refractivity contribution in [3.05, 3.63) is 28.2 Å². The average Bonchev–Trinajstić information content (AvgIpc) is 3.29. The van der Waals surface area contributed by atoms with E-state index in [1.807, 2.05) is 12.1 Å². The summed E-state index contributed by atoms with van der Waals surface area (Å²) < 4.78 is 0.874. The van der Waals surface area contributed by atoms with Crippen LogP contribution in [0.2, 0.25) is 0 Å². The second-order valence-electron chi connectivity index (χ2n) is 6.47. The van der Waals surface area contributed by atoms with Crippen LogP contribution in [0.15, 0.2) is 22.7 Å². The first kappa shape index (κ1) is 14.9. The number of halogens is 1. The van der Waals surface area contributed by atoms with Crippen molar-refractivity contribution in [3.8, 4) is 0 Å². The number of carbonyl (C=O) groups is 1. The third-order valence-corrected chi connectivity index (χ3v) is 5.05. The Morgan fingerprint density at radius 2 is 1.86 bits per heavy atom. The minimum Gasteiger partial charge on any atom is -0.399 e. The molecule has 1 amide bonds. The first-order valence-corrected chi connectivity index (χ1v) is 8.80. The van der Waals surface area contributed by atoms with Crippen LogP contribution in [0.4, 0.5) is 5.69 Å². The minimum absolute atomic E-state index is 0.149. The minimum atomic E-state index is 0.149. The van der Waals surface area contributed by atoms with Gasteiger partial charge >= 0.3 is 0 Å². The van der Waals surface area contributed by atoms with E-state index in [2.05, 4.69) is 20.8 Å². The second-order valence-corrected chi connectivity index (χ2v) is 7.38. The number of anilines is 1. The molecule has 2 fully saturated rings. The standard InChI is InChI=1S/C17H23BrN2O/c18-14-8-13(9-15(19)10-14)17(21)20(16-6-7-16)11-12-4-2-1-3-5-12/h8-10,12,16H,1-7,11,19H2. The van der Waals surface area contributed by atoms with Crippen molar-refractivity contribution in [3.63, 3.8) is 0 Å². The summed E-state index contributed by atoms with van der Waals surface area (Å²) in [5.74, 6) is 0.837. The van der Waals surface area contributed by atoms with Crippen LogP contribution >= 0.6 is 15.9 Å². The molecule has 21 heavy (non-hydrogen) atoms. The largest absolute Gasteiger partial charge is 0.399 e. The highest BCUT2D eigenvalue weighted by Gasteiger charge is 2.34. The lowest BCUT2D eigenvalue weighted by Gasteiger charge is -2.30. The van der Waals surface area contributed by atoms with Crippen molar-refractivity contribution in [2.75, 3.05) is 12.3 Å². The summed E-state index contributed by atoms with van der Waals surface area (Å²) in [6, 6.07) is 5.97. The van der Waals surface area contributed by atoms with Gasteiger partial charge in [0.25, 0.3) is 5.91 Å². The van der Waals surface area contributed by atoms with E-state index in [0.29, 0.717) is 23.2 Å². The Balaban J connectivity index is 1.74. The number of carbonyl (C=O) groups excluding carboxylic acids is 1. The average molecular weight is 351 g/mol. The second kappa shape index (κ2) is 6.39. The number of benzene rings is 1. The van der Waals surface area contributed by atoms with E-state index in [9.17, 15) is 4.79 Å². The number of hydrogen-bond donors (Lipinski definition) is 1. The van der Waals surface area contributed by atoms with Crippen molar-refractivity contribution < 1.29 is 4.79 Å². The van der Waals surface area contributed by atoms with Gasteiger partial charge in [-0.05, 0) is 49.8 Å². The van der Waals surface area contributed by atoms with Gasteiger partial charge in [-0.1, -0.05) is 35.2 Å². The Kier molecular flexibility index (Phi) is 4.53. The number of nitrogens with two attached hydrogens (primary N) is 1. The number of nitrogens with zero attached hydrogens (tertiary/aromatic N) is 1. The molecule has 3 nitrogen and oxygen atoms in total. The SMILES string of the molecule is Nc1cc(Br)cc(C(=O)N(CC2CCCCC2)C2CC2)c1. The van der Waals surface area contributed by atoms with Crippen molar-refractivity contribution >= 4 is 27.5 Å². The first-order chi connectivity index (χ1) is 10.1. The summed E-state index contributed by atoms with van der Waals surface area (Å²) in [6.45, 7) is 0.927. The lowest BCUT2D eigenvalue weighted by atomic mass is 9.88. The van der Waals surface area contributed by atoms with Gasteiger partial charge in [0.05, 0.1) is 0 Å². The van der Waals surface area contributed by atoms with E-state index >= 15 is 0 Å². The molecular formula is C17H23BrN2O. The van der Waals surface area contributed by atoms with Gasteiger partial charge in [0, 0.05) is 28.3 Å². The number of nitrogen functional groups attached to an aromatic ring is 1. The van der Waals surface area contributed by atoms with Crippen LogP contribution in [0.5, 0.6) is 0 Å². The van der Waals surface area contributed by atoms with Crippen LogP contribution in [0.25, 0.3) is 0 Å². The zero-order valence-electron chi connectivity index (χ0n) is 12.4. The third-order valence-electron chi connectivity index (χ3n) is 4.60. The maximum Gasteiger partial charge on any atom is 0.254 e. The van der Waals surface area contributed by atoms with Crippen molar-refractivity contribution in [1.29, 1.82) is 0 Å². The van der Waals surface area contributed by atoms with Crippen LogP contribution in [0, 0.1) is 5.92 Å². The number of hydrogen-bond acceptors (Lipinski definition) is 2. The summed E-state index contributed by atoms with van der Waals surface area (Å²) in [6.07, 6.45) is 8.86. The Morgan fingerprint density at radius 3 is 2.48 bits per heavy atom. The van der Waals surface area contributed by atoms with E-state index < -0.39 is 0 Å². The zero-order chi connectivity index (χ0) is 14.8. The van der Waals surface area contributed by atoms with Crippen LogP contribution < -0.4 is 5.73 Å². The van der Waals surface area contributed by atoms with Crippen LogP contribution in [-0.4, -0.2) is 23.4 Å². The van der Waals surface area contributed by atoms with Crippen molar-refractivity contribution in [1.82, 2.24) is 4.90 Å². The molecule has 4 heteroatoms. The molecule has 1 aromatic rings. The summed E-state index contributed by atoms with van der Waals surface area (Å²) in [5, 5.41) is 0. The molecule has 0 bridgehead atoms. The Labute approximate surface area is 135 Å². The van der Waals surface area contributed by atoms with Gasteiger partial charge in [-0.2, -0.15) is 0 Å². The van der Waals surface area contributed by atoms with Gasteiger partial charge < -0.3 is 10.6 Å². The highest BCUT2D eigenvalue weighted by molar-refractivity contribution is 9.10. The molecule has 2 saturated carbocycles. The van der Waals surface area contributed by atoms with Crippen LogP contribution in [0.3, 0.4) is 0 Å². The lowest BCUT2D eigenvalue weighted by molar-refractivity contribution is 0.0699. The van der Waals surface area contributed by atoms with Gasteiger partial charge in [-0.15, -0.1) is 0 Å². The molecule has 2 aliphatic rings. The van der Waals surface area contributed by atoms with E-state index in [1.54, 1.807) is 6.07 Å². The van der Waals surface area contributed by atoms with Crippen molar-refractivity contribution in [2.45, 2.75) is 51.0 Å². The lowest BCUT2D eigenvalue weighted by Crippen LogP contribution is -2.37. The van der Waals surface area contributed by atoms with E-state index in [1.165, 1.54) is 32.1 Å². The first-order valence-electron chi connectivity index (χ1n) is 8.00. The third kappa shape index (κ3) is 3.79. The molecule has 0 saturated heterocycles. The molecule has 0 radical (unpaired) electrons. The fourth-order valence-corrected chi connectivity index (χ4v) is 3.84. The molecule has 2 aliphatic carbocycles. The van der Waals surface area contributed by atoms with Gasteiger partial charge in [-0.3, -0.25) is 4.79 Å². The predicted octanol–water partition coefficient (Wildman–Crippen LogP) is 4.22. The maximum atomic E-state index is 12.9. The molecule has 0 atom stereocenters. The van der Waals surface area contributed by atoms with Gasteiger partial charge in [0.2, 0.25) is 0 Å². The molecule has 0 spiro atoms. The van der Waals surface area contributed by atoms with Gasteiger partial charge in [0.1, 0.15) is 0 Å². The normalized spacial score (nSPS) is 19.5. The molecule has 3 rings (SSSR count). The molecule has 0 heterocycles. The summed E-state index contributed by atoms with van der Waals surface area (Å²) in [5.41, 5.74) is 7.23. The van der Waals surface area contributed by atoms with Gasteiger partial charge in [0.15, 0.2) is 0 Å². The Hall–Kier alpha value is -1.03. The van der Waals surface area contributed by atoms with E-state index in [-0.39, 0.29) is 5.91 Å². The molecule has 114 valence electrons. The van der Waals surface area contributed by atoms with E-state index in [4.69, 9.17) is 5.73 Å². The number of rotatable bonds is 4. The van der Waals surface area contributed by atoms with Crippen LogP contribution in [0.1, 0.15) is 55.3 Å². The molecule has 1 aromatic carbocycles. The van der Waals surface area contributed by atoms with Crippen molar-refractivity contribution in [2.24, 2.45) is 5.92 Å². The molecule has 0 unspecified atom stereocenters. The predicted molar refractivity (Wildman–Crippen MR) is 89.2 cm³/mol. The fourth-order valence-electron chi connectivity index (χ4n) is 3.33. The highest BCUT2D eigenvalue weighted by Crippen LogP contribution is 2.33. The monoisotopic (exact) mass is 350 g/mol. The number of amides is 1. The quantitative estimate of drug-likeness (QED) is 0.826.